The van der Waals surface area contributed by atoms with Crippen molar-refractivity contribution in [2.45, 2.75) is 45.3 Å². The fraction of sp³-hybridized carbons (Fsp3) is 0.692. The number of thiophene rings is 1. The molecule has 0 spiro atoms. The molecule has 1 saturated heterocycles. The fourth-order valence-corrected chi connectivity index (χ4v) is 3.46. The minimum atomic E-state index is 0.577. The molecule has 0 aliphatic carbocycles. The van der Waals surface area contributed by atoms with Gasteiger partial charge in [-0.1, -0.05) is 25.4 Å². The summed E-state index contributed by atoms with van der Waals surface area (Å²) < 4.78 is 0.899. The Morgan fingerprint density at radius 3 is 3.00 bits per heavy atom. The normalized spacial score (nSPS) is 21.5. The average molecular weight is 273 g/mol. The fourth-order valence-electron chi connectivity index (χ4n) is 2.34. The zero-order valence-corrected chi connectivity index (χ0v) is 12.2. The summed E-state index contributed by atoms with van der Waals surface area (Å²) >= 11 is 7.68. The summed E-state index contributed by atoms with van der Waals surface area (Å²) in [6, 6.07) is 5.42. The van der Waals surface area contributed by atoms with Gasteiger partial charge in [-0.3, -0.25) is 4.90 Å². The van der Waals surface area contributed by atoms with Crippen LogP contribution in [-0.4, -0.2) is 30.1 Å². The van der Waals surface area contributed by atoms with E-state index in [-0.39, 0.29) is 0 Å². The zero-order valence-electron chi connectivity index (χ0n) is 10.6. The molecule has 0 bridgehead atoms. The summed E-state index contributed by atoms with van der Waals surface area (Å²) in [5.74, 6) is 0. The van der Waals surface area contributed by atoms with Crippen LogP contribution in [0.1, 0.15) is 31.6 Å². The molecule has 2 rings (SSSR count). The van der Waals surface area contributed by atoms with Crippen LogP contribution in [-0.2, 0) is 6.54 Å². The molecular weight excluding hydrogens is 252 g/mol. The molecule has 1 aliphatic rings. The van der Waals surface area contributed by atoms with E-state index < -0.39 is 0 Å². The highest BCUT2D eigenvalue weighted by Gasteiger charge is 2.24. The molecule has 0 radical (unpaired) electrons. The number of halogens is 1. The van der Waals surface area contributed by atoms with Crippen molar-refractivity contribution < 1.29 is 0 Å². The van der Waals surface area contributed by atoms with E-state index in [4.69, 9.17) is 11.6 Å². The predicted molar refractivity (Wildman–Crippen MR) is 75.9 cm³/mol. The third-order valence-corrected chi connectivity index (χ3v) is 4.46. The van der Waals surface area contributed by atoms with Crippen LogP contribution in [0, 0.1) is 0 Å². The standard InChI is InChI=1S/C13H21ClN2S/c1-10(2)15-8-11-4-3-7-16(11)9-12-5-6-13(14)17-12/h5-6,10-11,15H,3-4,7-9H2,1-2H3. The third kappa shape index (κ3) is 3.95. The lowest BCUT2D eigenvalue weighted by Gasteiger charge is -2.25. The van der Waals surface area contributed by atoms with Gasteiger partial charge in [0.2, 0.25) is 0 Å². The van der Waals surface area contributed by atoms with Gasteiger partial charge >= 0.3 is 0 Å². The predicted octanol–water partition coefficient (Wildman–Crippen LogP) is 3.36. The second kappa shape index (κ2) is 6.19. The molecule has 1 N–H and O–H groups in total. The van der Waals surface area contributed by atoms with Crippen LogP contribution in [0.4, 0.5) is 0 Å². The van der Waals surface area contributed by atoms with Gasteiger partial charge in [0.15, 0.2) is 0 Å². The van der Waals surface area contributed by atoms with Gasteiger partial charge in [-0.15, -0.1) is 11.3 Å². The third-order valence-electron chi connectivity index (χ3n) is 3.25. The summed E-state index contributed by atoms with van der Waals surface area (Å²) in [4.78, 5) is 3.96. The largest absolute Gasteiger partial charge is 0.313 e. The Morgan fingerprint density at radius 1 is 1.53 bits per heavy atom. The summed E-state index contributed by atoms with van der Waals surface area (Å²) in [7, 11) is 0. The quantitative estimate of drug-likeness (QED) is 0.884. The number of nitrogens with one attached hydrogen (secondary N) is 1. The van der Waals surface area contributed by atoms with Gasteiger partial charge in [-0.2, -0.15) is 0 Å². The van der Waals surface area contributed by atoms with Crippen molar-refractivity contribution in [1.29, 1.82) is 0 Å². The molecule has 0 amide bonds. The zero-order chi connectivity index (χ0) is 12.3. The van der Waals surface area contributed by atoms with Crippen molar-refractivity contribution in [1.82, 2.24) is 10.2 Å². The smallest absolute Gasteiger partial charge is 0.0931 e. The van der Waals surface area contributed by atoms with Crippen molar-refractivity contribution in [3.8, 4) is 0 Å². The Labute approximate surface area is 113 Å². The molecule has 1 aromatic heterocycles. The van der Waals surface area contributed by atoms with E-state index in [1.807, 2.05) is 6.07 Å². The Morgan fingerprint density at radius 2 is 2.35 bits per heavy atom. The first kappa shape index (κ1) is 13.3. The SMILES string of the molecule is CC(C)NCC1CCCN1Cc1ccc(Cl)s1. The Bertz CT molecular complexity index is 351. The molecule has 2 nitrogen and oxygen atoms in total. The van der Waals surface area contributed by atoms with Crippen molar-refractivity contribution in [2.24, 2.45) is 0 Å². The van der Waals surface area contributed by atoms with Crippen LogP contribution < -0.4 is 5.32 Å². The minimum Gasteiger partial charge on any atom is -0.313 e. The van der Waals surface area contributed by atoms with Gasteiger partial charge in [0.05, 0.1) is 4.34 Å². The van der Waals surface area contributed by atoms with E-state index >= 15 is 0 Å². The summed E-state index contributed by atoms with van der Waals surface area (Å²) in [6.07, 6.45) is 2.64. The first-order chi connectivity index (χ1) is 8.15. The molecule has 1 unspecified atom stereocenters. The molecule has 0 aromatic carbocycles. The van der Waals surface area contributed by atoms with Gasteiger partial charge in [-0.05, 0) is 31.5 Å². The van der Waals surface area contributed by atoms with E-state index in [0.717, 1.165) is 17.4 Å². The molecule has 1 fully saturated rings. The van der Waals surface area contributed by atoms with E-state index in [2.05, 4.69) is 30.1 Å². The molecular formula is C13H21ClN2S. The lowest BCUT2D eigenvalue weighted by atomic mass is 10.2. The van der Waals surface area contributed by atoms with E-state index in [0.29, 0.717) is 12.1 Å². The molecule has 0 saturated carbocycles. The average Bonchev–Trinajstić information content (AvgIpc) is 2.86. The van der Waals surface area contributed by atoms with E-state index in [9.17, 15) is 0 Å². The number of hydrogen-bond donors (Lipinski definition) is 1. The Hall–Kier alpha value is -0.0900. The lowest BCUT2D eigenvalue weighted by Crippen LogP contribution is -2.39. The highest BCUT2D eigenvalue weighted by atomic mass is 35.5. The maximum absolute atomic E-state index is 5.97. The van der Waals surface area contributed by atoms with Gasteiger partial charge in [-0.25, -0.2) is 0 Å². The van der Waals surface area contributed by atoms with Crippen molar-refractivity contribution in [3.63, 3.8) is 0 Å². The Kier molecular flexibility index (Phi) is 4.86. The molecule has 4 heteroatoms. The number of rotatable bonds is 5. The summed E-state index contributed by atoms with van der Waals surface area (Å²) in [5, 5.41) is 3.54. The van der Waals surface area contributed by atoms with Crippen molar-refractivity contribution in [2.75, 3.05) is 13.1 Å². The van der Waals surface area contributed by atoms with Gasteiger partial charge in [0.1, 0.15) is 0 Å². The maximum atomic E-state index is 5.97. The second-order valence-corrected chi connectivity index (χ2v) is 6.83. The maximum Gasteiger partial charge on any atom is 0.0931 e. The number of nitrogens with zero attached hydrogens (tertiary/aromatic N) is 1. The monoisotopic (exact) mass is 272 g/mol. The molecule has 2 heterocycles. The summed E-state index contributed by atoms with van der Waals surface area (Å²) in [6.45, 7) is 7.80. The summed E-state index contributed by atoms with van der Waals surface area (Å²) in [5.41, 5.74) is 0. The molecule has 96 valence electrons. The second-order valence-electron chi connectivity index (χ2n) is 5.04. The van der Waals surface area contributed by atoms with Gasteiger partial charge in [0, 0.05) is 30.1 Å². The van der Waals surface area contributed by atoms with Gasteiger partial charge < -0.3 is 5.32 Å². The number of hydrogen-bond acceptors (Lipinski definition) is 3. The van der Waals surface area contributed by atoms with E-state index in [1.54, 1.807) is 11.3 Å². The van der Waals surface area contributed by atoms with Crippen molar-refractivity contribution >= 4 is 22.9 Å². The Balaban J connectivity index is 1.86. The van der Waals surface area contributed by atoms with Crippen LogP contribution >= 0.6 is 22.9 Å². The minimum absolute atomic E-state index is 0.577. The molecule has 1 aromatic rings. The van der Waals surface area contributed by atoms with Crippen LogP contribution in [0.5, 0.6) is 0 Å². The topological polar surface area (TPSA) is 15.3 Å². The highest BCUT2D eigenvalue weighted by molar-refractivity contribution is 7.16. The molecule has 1 aliphatic heterocycles. The molecule has 1 atom stereocenters. The number of likely N-dealkylation sites (tertiary alicyclic amines) is 1. The van der Waals surface area contributed by atoms with E-state index in [1.165, 1.54) is 24.3 Å². The van der Waals surface area contributed by atoms with Crippen LogP contribution in [0.25, 0.3) is 0 Å². The van der Waals surface area contributed by atoms with Crippen LogP contribution in [0.15, 0.2) is 12.1 Å². The highest BCUT2D eigenvalue weighted by Crippen LogP contribution is 2.26. The lowest BCUT2D eigenvalue weighted by molar-refractivity contribution is 0.238. The van der Waals surface area contributed by atoms with Crippen LogP contribution in [0.2, 0.25) is 4.34 Å². The molecule has 17 heavy (non-hydrogen) atoms. The first-order valence-corrected chi connectivity index (χ1v) is 7.56. The van der Waals surface area contributed by atoms with Gasteiger partial charge in [0.25, 0.3) is 0 Å². The van der Waals surface area contributed by atoms with Crippen molar-refractivity contribution in [3.05, 3.63) is 21.3 Å². The first-order valence-electron chi connectivity index (χ1n) is 6.37. The van der Waals surface area contributed by atoms with Crippen LogP contribution in [0.3, 0.4) is 0 Å².